The fourth-order valence-electron chi connectivity index (χ4n) is 4.75. The zero-order valence-corrected chi connectivity index (χ0v) is 23.9. The molecule has 1 saturated heterocycles. The van der Waals surface area contributed by atoms with Crippen molar-refractivity contribution in [3.05, 3.63) is 107 Å². The maximum Gasteiger partial charge on any atom is 0.230 e. The van der Waals surface area contributed by atoms with E-state index in [4.69, 9.17) is 21.3 Å². The lowest BCUT2D eigenvalue weighted by atomic mass is 9.99. The molecule has 0 radical (unpaired) electrons. The Balaban J connectivity index is 1.18. The van der Waals surface area contributed by atoms with Crippen LogP contribution in [0.25, 0.3) is 0 Å². The van der Waals surface area contributed by atoms with E-state index in [-0.39, 0.29) is 17.7 Å². The fourth-order valence-corrected chi connectivity index (χ4v) is 5.64. The van der Waals surface area contributed by atoms with Crippen LogP contribution in [-0.2, 0) is 11.2 Å². The number of carbonyl (C=O) groups is 1. The fraction of sp³-hybridized carbons (Fsp3) is 0.258. The number of amides is 1. The largest absolute Gasteiger partial charge is 0.497 e. The summed E-state index contributed by atoms with van der Waals surface area (Å²) in [5.41, 5.74) is 3.41. The highest BCUT2D eigenvalue weighted by molar-refractivity contribution is 7.99. The Labute approximate surface area is 244 Å². The number of halogens is 1. The Bertz CT molecular complexity index is 1380. The van der Waals surface area contributed by atoms with Gasteiger partial charge in [-0.05, 0) is 41.8 Å². The highest BCUT2D eigenvalue weighted by atomic mass is 35.5. The van der Waals surface area contributed by atoms with Crippen LogP contribution in [-0.4, -0.2) is 54.9 Å². The van der Waals surface area contributed by atoms with Crippen LogP contribution in [0.15, 0.2) is 96.2 Å². The van der Waals surface area contributed by atoms with Gasteiger partial charge in [0.25, 0.3) is 0 Å². The smallest absolute Gasteiger partial charge is 0.230 e. The molecule has 2 heterocycles. The number of piperazine rings is 1. The van der Waals surface area contributed by atoms with Crippen molar-refractivity contribution in [2.24, 2.45) is 0 Å². The molecule has 0 saturated carbocycles. The summed E-state index contributed by atoms with van der Waals surface area (Å²) in [6.45, 7) is 3.34. The number of nitrogens with one attached hydrogen (secondary N) is 1. The number of anilines is 2. The molecule has 206 valence electrons. The van der Waals surface area contributed by atoms with E-state index in [0.717, 1.165) is 43.3 Å². The van der Waals surface area contributed by atoms with Crippen molar-refractivity contribution >= 4 is 40.8 Å². The Kier molecular flexibility index (Phi) is 9.42. The minimum absolute atomic E-state index is 0.0759. The van der Waals surface area contributed by atoms with Gasteiger partial charge in [0, 0.05) is 37.9 Å². The van der Waals surface area contributed by atoms with Gasteiger partial charge in [0.15, 0.2) is 5.16 Å². The number of rotatable bonds is 10. The molecule has 0 aliphatic carbocycles. The lowest BCUT2D eigenvalue weighted by Gasteiger charge is -2.36. The van der Waals surface area contributed by atoms with Crippen molar-refractivity contribution in [1.82, 2.24) is 15.3 Å². The third-order valence-electron chi connectivity index (χ3n) is 6.85. The first kappa shape index (κ1) is 27.8. The molecule has 1 fully saturated rings. The van der Waals surface area contributed by atoms with Gasteiger partial charge in [0.2, 0.25) is 5.91 Å². The number of thioether (sulfide) groups is 1. The molecule has 1 N–H and O–H groups in total. The van der Waals surface area contributed by atoms with Gasteiger partial charge in [-0.3, -0.25) is 4.79 Å². The highest BCUT2D eigenvalue weighted by Crippen LogP contribution is 2.26. The van der Waals surface area contributed by atoms with Crippen molar-refractivity contribution < 1.29 is 9.53 Å². The predicted octanol–water partition coefficient (Wildman–Crippen LogP) is 5.66. The number of carbonyl (C=O) groups excluding carboxylic acids is 1. The van der Waals surface area contributed by atoms with E-state index in [1.165, 1.54) is 23.0 Å². The molecule has 0 bridgehead atoms. The van der Waals surface area contributed by atoms with E-state index >= 15 is 0 Å². The molecule has 1 aliphatic heterocycles. The second-order valence-corrected chi connectivity index (χ2v) is 10.8. The first-order valence-electron chi connectivity index (χ1n) is 13.3. The topological polar surface area (TPSA) is 70.6 Å². The lowest BCUT2D eigenvalue weighted by Crippen LogP contribution is -2.46. The molecule has 1 aromatic heterocycles. The van der Waals surface area contributed by atoms with Crippen LogP contribution in [0.2, 0.25) is 5.15 Å². The first-order chi connectivity index (χ1) is 19.6. The third kappa shape index (κ3) is 7.46. The second kappa shape index (κ2) is 13.5. The molecular formula is C31H32ClN5O2S. The molecular weight excluding hydrogens is 542 g/mol. The number of nitrogens with zero attached hydrogens (tertiary/aromatic N) is 4. The predicted molar refractivity (Wildman–Crippen MR) is 163 cm³/mol. The molecule has 1 aliphatic rings. The van der Waals surface area contributed by atoms with E-state index in [1.54, 1.807) is 13.2 Å². The summed E-state index contributed by atoms with van der Waals surface area (Å²) in [5.74, 6) is 1.75. The van der Waals surface area contributed by atoms with Crippen molar-refractivity contribution in [2.45, 2.75) is 17.6 Å². The van der Waals surface area contributed by atoms with Crippen LogP contribution >= 0.6 is 23.4 Å². The van der Waals surface area contributed by atoms with Crippen molar-refractivity contribution in [2.75, 3.05) is 48.8 Å². The van der Waals surface area contributed by atoms with Crippen molar-refractivity contribution in [3.8, 4) is 5.75 Å². The van der Waals surface area contributed by atoms with Crippen LogP contribution in [0, 0.1) is 0 Å². The number of ether oxygens (including phenoxy) is 1. The van der Waals surface area contributed by atoms with Gasteiger partial charge >= 0.3 is 0 Å². The number of hydrogen-bond donors (Lipinski definition) is 1. The molecule has 1 atom stereocenters. The number of hydrogen-bond acceptors (Lipinski definition) is 7. The summed E-state index contributed by atoms with van der Waals surface area (Å²) in [5, 5.41) is 4.07. The SMILES string of the molecule is COc1ccc(N2CCN(c3cc(Cl)nc(SCC(=O)NC(Cc4ccccc4)c4ccccc4)n3)CC2)cc1. The lowest BCUT2D eigenvalue weighted by molar-refractivity contribution is -0.119. The Morgan fingerprint density at radius 2 is 1.57 bits per heavy atom. The highest BCUT2D eigenvalue weighted by Gasteiger charge is 2.21. The average molecular weight is 574 g/mol. The molecule has 5 rings (SSSR count). The molecule has 7 nitrogen and oxygen atoms in total. The maximum atomic E-state index is 13.0. The molecule has 40 heavy (non-hydrogen) atoms. The Hall–Kier alpha value is -3.75. The van der Waals surface area contributed by atoms with Gasteiger partial charge in [-0.2, -0.15) is 0 Å². The van der Waals surface area contributed by atoms with Crippen molar-refractivity contribution in [1.29, 1.82) is 0 Å². The minimum atomic E-state index is -0.130. The molecule has 1 unspecified atom stereocenters. The number of benzene rings is 3. The van der Waals surface area contributed by atoms with Gasteiger partial charge < -0.3 is 19.9 Å². The number of aromatic nitrogens is 2. The average Bonchev–Trinajstić information content (AvgIpc) is 3.00. The van der Waals surface area contributed by atoms with E-state index in [2.05, 4.69) is 44.4 Å². The summed E-state index contributed by atoms with van der Waals surface area (Å²) in [6, 6.07) is 30.0. The quantitative estimate of drug-likeness (QED) is 0.149. The molecule has 4 aromatic rings. The van der Waals surface area contributed by atoms with Crippen LogP contribution in [0.1, 0.15) is 17.2 Å². The van der Waals surface area contributed by atoms with Gasteiger partial charge in [-0.15, -0.1) is 0 Å². The van der Waals surface area contributed by atoms with E-state index in [1.807, 2.05) is 60.7 Å². The number of methoxy groups -OCH3 is 1. The molecule has 3 aromatic carbocycles. The van der Waals surface area contributed by atoms with Gasteiger partial charge in [-0.25, -0.2) is 9.97 Å². The summed E-state index contributed by atoms with van der Waals surface area (Å²) >= 11 is 7.68. The zero-order chi connectivity index (χ0) is 27.7. The van der Waals surface area contributed by atoms with Gasteiger partial charge in [0.1, 0.15) is 16.7 Å². The van der Waals surface area contributed by atoms with Crippen molar-refractivity contribution in [3.63, 3.8) is 0 Å². The maximum absolute atomic E-state index is 13.0. The Morgan fingerprint density at radius 3 is 2.25 bits per heavy atom. The first-order valence-corrected chi connectivity index (χ1v) is 14.6. The zero-order valence-electron chi connectivity index (χ0n) is 22.4. The van der Waals surface area contributed by atoms with Crippen LogP contribution in [0.3, 0.4) is 0 Å². The van der Waals surface area contributed by atoms with Crippen LogP contribution in [0.4, 0.5) is 11.5 Å². The van der Waals surface area contributed by atoms with E-state index in [9.17, 15) is 4.79 Å². The second-order valence-electron chi connectivity index (χ2n) is 9.51. The van der Waals surface area contributed by atoms with Crippen LogP contribution < -0.4 is 19.9 Å². The summed E-state index contributed by atoms with van der Waals surface area (Å²) in [7, 11) is 1.67. The standard InChI is InChI=1S/C31H32ClN5O2S/c1-39-26-14-12-25(13-15-26)36-16-18-37(19-17-36)29-21-28(32)34-31(35-29)40-22-30(38)33-27(24-10-6-3-7-11-24)20-23-8-4-2-5-9-23/h2-15,21,27H,16-20,22H2,1H3,(H,33,38). The third-order valence-corrected chi connectivity index (χ3v) is 7.90. The van der Waals surface area contributed by atoms with E-state index < -0.39 is 0 Å². The monoisotopic (exact) mass is 573 g/mol. The summed E-state index contributed by atoms with van der Waals surface area (Å²) in [6.07, 6.45) is 0.710. The Morgan fingerprint density at radius 1 is 0.925 bits per heavy atom. The summed E-state index contributed by atoms with van der Waals surface area (Å²) in [4.78, 5) is 26.7. The van der Waals surface area contributed by atoms with Gasteiger partial charge in [0.05, 0.1) is 18.9 Å². The van der Waals surface area contributed by atoms with Crippen LogP contribution in [0.5, 0.6) is 5.75 Å². The molecule has 9 heteroatoms. The molecule has 0 spiro atoms. The van der Waals surface area contributed by atoms with Gasteiger partial charge in [-0.1, -0.05) is 84.0 Å². The summed E-state index contributed by atoms with van der Waals surface area (Å²) < 4.78 is 5.27. The van der Waals surface area contributed by atoms with E-state index in [0.29, 0.717) is 16.7 Å². The molecule has 1 amide bonds. The normalized spacial score (nSPS) is 14.1. The minimum Gasteiger partial charge on any atom is -0.497 e.